The van der Waals surface area contributed by atoms with Crippen molar-refractivity contribution < 1.29 is 14.4 Å². The molecule has 1 aromatic heterocycles. The number of benzene rings is 1. The summed E-state index contributed by atoms with van der Waals surface area (Å²) in [4.78, 5) is 31.6. The summed E-state index contributed by atoms with van der Waals surface area (Å²) in [7, 11) is 0. The normalized spacial score (nSPS) is 10.2. The van der Waals surface area contributed by atoms with Gasteiger partial charge in [0.1, 0.15) is 11.7 Å². The number of imidazole rings is 1. The second-order valence-electron chi connectivity index (χ2n) is 3.88. The highest BCUT2D eigenvalue weighted by Crippen LogP contribution is 2.19. The van der Waals surface area contributed by atoms with E-state index >= 15 is 0 Å². The number of carbonyl (C=O) groups is 2. The van der Waals surface area contributed by atoms with Gasteiger partial charge in [0.25, 0.3) is 5.91 Å². The number of rotatable bonds is 3. The van der Waals surface area contributed by atoms with Crippen molar-refractivity contribution in [3.8, 4) is 0 Å². The van der Waals surface area contributed by atoms with Crippen molar-refractivity contribution in [2.24, 2.45) is 0 Å². The van der Waals surface area contributed by atoms with Crippen LogP contribution in [0.5, 0.6) is 0 Å². The minimum absolute atomic E-state index is 0.0858. The molecule has 6 nitrogen and oxygen atoms in total. The molecule has 2 aromatic rings. The van der Waals surface area contributed by atoms with E-state index in [9.17, 15) is 9.59 Å². The Kier molecular flexibility index (Phi) is 5.06. The summed E-state index contributed by atoms with van der Waals surface area (Å²) >= 11 is 17.1. The van der Waals surface area contributed by atoms with Gasteiger partial charge in [-0.2, -0.15) is 5.48 Å². The first-order valence-corrected chi connectivity index (χ1v) is 6.72. The maximum Gasteiger partial charge on any atom is 0.362 e. The topological polar surface area (TPSA) is 73.2 Å². The number of aromatic nitrogens is 2. The van der Waals surface area contributed by atoms with Crippen LogP contribution in [0, 0.1) is 0 Å². The molecular weight excluding hydrogens is 341 g/mol. The van der Waals surface area contributed by atoms with Crippen LogP contribution in [-0.4, -0.2) is 21.4 Å². The van der Waals surface area contributed by atoms with Crippen LogP contribution in [0.2, 0.25) is 15.3 Å². The lowest BCUT2D eigenvalue weighted by Crippen LogP contribution is -2.30. The first kappa shape index (κ1) is 15.6. The Hall–Kier alpha value is -1.76. The first-order valence-electron chi connectivity index (χ1n) is 5.59. The molecule has 0 unspecified atom stereocenters. The lowest BCUT2D eigenvalue weighted by molar-refractivity contribution is -0.130. The molecule has 0 fully saturated rings. The van der Waals surface area contributed by atoms with Crippen molar-refractivity contribution in [1.82, 2.24) is 15.0 Å². The van der Waals surface area contributed by atoms with Gasteiger partial charge in [-0.05, 0) is 24.3 Å². The predicted octanol–water partition coefficient (Wildman–Crippen LogP) is 2.73. The number of hydrogen-bond acceptors (Lipinski definition) is 4. The maximum absolute atomic E-state index is 11.6. The van der Waals surface area contributed by atoms with Crippen molar-refractivity contribution >= 4 is 46.7 Å². The fraction of sp³-hybridized carbons (Fsp3) is 0.0833. The highest BCUT2D eigenvalue weighted by atomic mass is 35.5. The molecule has 0 radical (unpaired) electrons. The Balaban J connectivity index is 1.88. The van der Waals surface area contributed by atoms with Gasteiger partial charge in [-0.25, -0.2) is 9.78 Å². The van der Waals surface area contributed by atoms with Gasteiger partial charge < -0.3 is 9.40 Å². The van der Waals surface area contributed by atoms with E-state index in [4.69, 9.17) is 34.8 Å². The number of hydroxylamine groups is 1. The molecule has 21 heavy (non-hydrogen) atoms. The summed E-state index contributed by atoms with van der Waals surface area (Å²) in [6.07, 6.45) is 1.30. The summed E-state index contributed by atoms with van der Waals surface area (Å²) in [5.41, 5.74) is 2.26. The van der Waals surface area contributed by atoms with Crippen molar-refractivity contribution in [2.45, 2.75) is 6.54 Å². The van der Waals surface area contributed by atoms with Crippen molar-refractivity contribution in [2.75, 3.05) is 0 Å². The van der Waals surface area contributed by atoms with Crippen LogP contribution in [0.1, 0.15) is 10.4 Å². The summed E-state index contributed by atoms with van der Waals surface area (Å²) in [6, 6.07) is 6.02. The van der Waals surface area contributed by atoms with Gasteiger partial charge in [0.15, 0.2) is 5.15 Å². The number of halogens is 3. The predicted molar refractivity (Wildman–Crippen MR) is 77.3 cm³/mol. The second-order valence-corrected chi connectivity index (χ2v) is 5.03. The molecule has 0 spiro atoms. The van der Waals surface area contributed by atoms with E-state index in [2.05, 4.69) is 9.82 Å². The third kappa shape index (κ3) is 4.10. The van der Waals surface area contributed by atoms with E-state index in [1.54, 1.807) is 0 Å². The molecule has 0 saturated carbocycles. The molecule has 0 saturated heterocycles. The minimum Gasteiger partial charge on any atom is -0.335 e. The van der Waals surface area contributed by atoms with Crippen molar-refractivity contribution in [1.29, 1.82) is 0 Å². The molecule has 0 atom stereocenters. The number of nitrogens with one attached hydrogen (secondary N) is 1. The number of nitrogens with zero attached hydrogens (tertiary/aromatic N) is 2. The Morgan fingerprint density at radius 1 is 1.19 bits per heavy atom. The van der Waals surface area contributed by atoms with Gasteiger partial charge in [0.2, 0.25) is 0 Å². The van der Waals surface area contributed by atoms with Crippen LogP contribution >= 0.6 is 34.8 Å². The molecule has 0 aliphatic carbocycles. The third-order valence-electron chi connectivity index (χ3n) is 2.38. The van der Waals surface area contributed by atoms with E-state index in [-0.39, 0.29) is 22.4 Å². The second kappa shape index (κ2) is 6.80. The standard InChI is InChI=1S/C12H8Cl3N3O3/c13-8-3-1-7(2-4-8)12(20)21-17-9(19)5-18-6-16-10(14)11(18)15/h1-4,6H,5H2,(H,17,19). The molecule has 1 N–H and O–H groups in total. The molecule has 0 aliphatic rings. The van der Waals surface area contributed by atoms with Gasteiger partial charge in [-0.3, -0.25) is 4.79 Å². The molecule has 110 valence electrons. The van der Waals surface area contributed by atoms with Crippen LogP contribution in [0.4, 0.5) is 0 Å². The Labute approximate surface area is 134 Å². The zero-order valence-electron chi connectivity index (χ0n) is 10.3. The Morgan fingerprint density at radius 3 is 2.43 bits per heavy atom. The molecule has 0 bridgehead atoms. The average Bonchev–Trinajstić information content (AvgIpc) is 2.77. The Bertz CT molecular complexity index is 670. The van der Waals surface area contributed by atoms with Crippen molar-refractivity contribution in [3.05, 3.63) is 51.5 Å². The number of hydrogen-bond donors (Lipinski definition) is 1. The van der Waals surface area contributed by atoms with E-state index < -0.39 is 11.9 Å². The van der Waals surface area contributed by atoms with E-state index in [0.717, 1.165) is 0 Å². The molecule has 0 aliphatic heterocycles. The minimum atomic E-state index is -0.713. The van der Waals surface area contributed by atoms with Crippen LogP contribution in [0.15, 0.2) is 30.6 Å². The lowest BCUT2D eigenvalue weighted by Gasteiger charge is -2.06. The molecule has 2 rings (SSSR count). The third-order valence-corrected chi connectivity index (χ3v) is 3.41. The zero-order valence-corrected chi connectivity index (χ0v) is 12.6. The highest BCUT2D eigenvalue weighted by molar-refractivity contribution is 6.40. The molecule has 9 heteroatoms. The van der Waals surface area contributed by atoms with Crippen LogP contribution < -0.4 is 5.48 Å². The molecular formula is C12H8Cl3N3O3. The van der Waals surface area contributed by atoms with E-state index in [1.165, 1.54) is 35.2 Å². The van der Waals surface area contributed by atoms with E-state index in [1.807, 2.05) is 5.48 Å². The van der Waals surface area contributed by atoms with Crippen LogP contribution in [0.3, 0.4) is 0 Å². The molecule has 1 amide bonds. The number of amides is 1. The lowest BCUT2D eigenvalue weighted by atomic mass is 10.2. The van der Waals surface area contributed by atoms with Crippen LogP contribution in [0.25, 0.3) is 0 Å². The Morgan fingerprint density at radius 2 is 1.86 bits per heavy atom. The summed E-state index contributed by atoms with van der Waals surface area (Å²) in [5, 5.41) is 0.695. The summed E-state index contributed by atoms with van der Waals surface area (Å²) in [5.74, 6) is -1.30. The van der Waals surface area contributed by atoms with Crippen LogP contribution in [-0.2, 0) is 16.2 Å². The largest absolute Gasteiger partial charge is 0.362 e. The van der Waals surface area contributed by atoms with Gasteiger partial charge in [-0.1, -0.05) is 34.8 Å². The monoisotopic (exact) mass is 347 g/mol. The van der Waals surface area contributed by atoms with Gasteiger partial charge in [0, 0.05) is 5.02 Å². The summed E-state index contributed by atoms with van der Waals surface area (Å²) in [6.45, 7) is -0.188. The fourth-order valence-electron chi connectivity index (χ4n) is 1.39. The van der Waals surface area contributed by atoms with Crippen molar-refractivity contribution in [3.63, 3.8) is 0 Å². The highest BCUT2D eigenvalue weighted by Gasteiger charge is 2.12. The fourth-order valence-corrected chi connectivity index (χ4v) is 1.82. The number of carbonyl (C=O) groups excluding carboxylic acids is 2. The zero-order chi connectivity index (χ0) is 15.4. The van der Waals surface area contributed by atoms with Gasteiger partial charge in [0.05, 0.1) is 11.9 Å². The van der Waals surface area contributed by atoms with Gasteiger partial charge in [-0.15, -0.1) is 0 Å². The molecule has 1 aromatic carbocycles. The maximum atomic E-state index is 11.6. The average molecular weight is 349 g/mol. The quantitative estimate of drug-likeness (QED) is 0.866. The smallest absolute Gasteiger partial charge is 0.335 e. The van der Waals surface area contributed by atoms with E-state index in [0.29, 0.717) is 5.02 Å². The SMILES string of the molecule is O=C(Cn1cnc(Cl)c1Cl)NOC(=O)c1ccc(Cl)cc1. The summed E-state index contributed by atoms with van der Waals surface area (Å²) < 4.78 is 1.30. The molecule has 1 heterocycles. The van der Waals surface area contributed by atoms with Gasteiger partial charge >= 0.3 is 5.97 Å². The first-order chi connectivity index (χ1) is 9.97.